The fourth-order valence-corrected chi connectivity index (χ4v) is 3.42. The van der Waals surface area contributed by atoms with Crippen molar-refractivity contribution in [3.05, 3.63) is 52.2 Å². The third-order valence-corrected chi connectivity index (χ3v) is 4.83. The van der Waals surface area contributed by atoms with Crippen molar-refractivity contribution in [1.82, 2.24) is 4.72 Å². The summed E-state index contributed by atoms with van der Waals surface area (Å²) < 4.78 is 26.6. The second-order valence-corrected chi connectivity index (χ2v) is 6.71. The zero-order valence-electron chi connectivity index (χ0n) is 10.7. The Balaban J connectivity index is 2.03. The van der Waals surface area contributed by atoms with E-state index in [4.69, 9.17) is 5.73 Å². The molecule has 0 saturated heterocycles. The Kier molecular flexibility index (Phi) is 4.93. The molecule has 0 bridgehead atoms. The molecule has 3 N–H and O–H groups in total. The number of nitrogens with one attached hydrogen (secondary N) is 1. The van der Waals surface area contributed by atoms with E-state index in [0.717, 1.165) is 10.4 Å². The van der Waals surface area contributed by atoms with E-state index in [-0.39, 0.29) is 11.4 Å². The van der Waals surface area contributed by atoms with Crippen LogP contribution in [0.3, 0.4) is 0 Å². The van der Waals surface area contributed by atoms with Crippen molar-refractivity contribution in [3.8, 4) is 11.8 Å². The third-order valence-electron chi connectivity index (χ3n) is 2.48. The molecule has 0 atom stereocenters. The maximum absolute atomic E-state index is 12.0. The fraction of sp³-hybridized carbons (Fsp3) is 0.143. The lowest BCUT2D eigenvalue weighted by molar-refractivity contribution is 0.582. The number of hydrogen-bond acceptors (Lipinski definition) is 4. The highest BCUT2D eigenvalue weighted by atomic mass is 32.2. The van der Waals surface area contributed by atoms with Crippen LogP contribution in [0.15, 0.2) is 46.7 Å². The predicted molar refractivity (Wildman–Crippen MR) is 80.7 cm³/mol. The van der Waals surface area contributed by atoms with Crippen LogP contribution in [0.5, 0.6) is 0 Å². The van der Waals surface area contributed by atoms with E-state index in [1.165, 1.54) is 11.3 Å². The maximum Gasteiger partial charge on any atom is 0.240 e. The van der Waals surface area contributed by atoms with E-state index < -0.39 is 10.0 Å². The molecule has 0 unspecified atom stereocenters. The van der Waals surface area contributed by atoms with Gasteiger partial charge in [-0.15, -0.1) is 11.3 Å². The summed E-state index contributed by atoms with van der Waals surface area (Å²) in [6, 6.07) is 10.2. The number of rotatable bonds is 4. The largest absolute Gasteiger partial charge is 0.320 e. The molecule has 0 saturated carbocycles. The van der Waals surface area contributed by atoms with Crippen LogP contribution in [-0.4, -0.2) is 15.0 Å². The van der Waals surface area contributed by atoms with Gasteiger partial charge < -0.3 is 5.73 Å². The van der Waals surface area contributed by atoms with Crippen molar-refractivity contribution in [3.63, 3.8) is 0 Å². The minimum atomic E-state index is -3.47. The average Bonchev–Trinajstić information content (AvgIpc) is 2.92. The second-order valence-electron chi connectivity index (χ2n) is 3.95. The van der Waals surface area contributed by atoms with Crippen LogP contribution in [0, 0.1) is 11.8 Å². The number of thiophene rings is 1. The van der Waals surface area contributed by atoms with E-state index in [9.17, 15) is 8.42 Å². The highest BCUT2D eigenvalue weighted by Crippen LogP contribution is 2.15. The zero-order chi connectivity index (χ0) is 14.4. The van der Waals surface area contributed by atoms with Gasteiger partial charge in [-0.3, -0.25) is 0 Å². The van der Waals surface area contributed by atoms with Gasteiger partial charge in [-0.25, -0.2) is 13.1 Å². The van der Waals surface area contributed by atoms with Crippen molar-refractivity contribution in [2.75, 3.05) is 6.54 Å². The van der Waals surface area contributed by atoms with Crippen molar-refractivity contribution < 1.29 is 8.42 Å². The molecule has 6 heteroatoms. The molecule has 1 heterocycles. The topological polar surface area (TPSA) is 72.2 Å². The summed E-state index contributed by atoms with van der Waals surface area (Å²) in [4.78, 5) is 1.17. The Labute approximate surface area is 122 Å². The predicted octanol–water partition coefficient (Wildman–Crippen LogP) is 1.54. The summed E-state index contributed by atoms with van der Waals surface area (Å²) in [6.45, 7) is 0.567. The summed E-state index contributed by atoms with van der Waals surface area (Å²) in [5, 5.41) is 1.88. The van der Waals surface area contributed by atoms with Gasteiger partial charge in [-0.1, -0.05) is 30.0 Å². The Hall–Kier alpha value is -1.65. The maximum atomic E-state index is 12.0. The van der Waals surface area contributed by atoms with Crippen LogP contribution in [-0.2, 0) is 16.6 Å². The molecule has 20 heavy (non-hydrogen) atoms. The highest BCUT2D eigenvalue weighted by molar-refractivity contribution is 7.89. The number of sulfonamides is 1. The molecule has 0 aliphatic carbocycles. The lowest BCUT2D eigenvalue weighted by Gasteiger charge is -2.04. The number of benzene rings is 1. The van der Waals surface area contributed by atoms with Gasteiger partial charge in [-0.2, -0.15) is 0 Å². The third kappa shape index (κ3) is 3.92. The Morgan fingerprint density at radius 3 is 2.70 bits per heavy atom. The summed E-state index contributed by atoms with van der Waals surface area (Å²) in [6.07, 6.45) is 0. The SMILES string of the molecule is NCC#Cc1csc(CNS(=O)(=O)c2ccccc2)c1. The van der Waals surface area contributed by atoms with Crippen LogP contribution in [0.25, 0.3) is 0 Å². The lowest BCUT2D eigenvalue weighted by atomic mass is 10.3. The van der Waals surface area contributed by atoms with Crippen molar-refractivity contribution >= 4 is 21.4 Å². The quantitative estimate of drug-likeness (QED) is 0.842. The normalized spacial score (nSPS) is 10.8. The van der Waals surface area contributed by atoms with Gasteiger partial charge in [0.1, 0.15) is 0 Å². The molecule has 2 rings (SSSR count). The Bertz CT molecular complexity index is 725. The number of nitrogens with two attached hydrogens (primary N) is 1. The van der Waals surface area contributed by atoms with Crippen molar-refractivity contribution in [2.45, 2.75) is 11.4 Å². The standard InChI is InChI=1S/C14H14N2O2S2/c15-8-4-5-12-9-13(19-11-12)10-16-20(17,18)14-6-2-1-3-7-14/h1-3,6-7,9,11,16H,8,10,15H2. The molecule has 0 amide bonds. The van der Waals surface area contributed by atoms with Gasteiger partial charge in [0.05, 0.1) is 11.4 Å². The van der Waals surface area contributed by atoms with E-state index in [0.29, 0.717) is 6.54 Å². The first kappa shape index (κ1) is 14.8. The molecule has 0 aliphatic heterocycles. The van der Waals surface area contributed by atoms with Gasteiger partial charge in [-0.05, 0) is 18.2 Å². The van der Waals surface area contributed by atoms with E-state index in [1.54, 1.807) is 30.3 Å². The monoisotopic (exact) mass is 306 g/mol. The first-order valence-corrected chi connectivity index (χ1v) is 8.29. The van der Waals surface area contributed by atoms with Crippen LogP contribution in [0.1, 0.15) is 10.4 Å². The average molecular weight is 306 g/mol. The summed E-state index contributed by atoms with van der Waals surface area (Å²) in [7, 11) is -3.47. The molecular weight excluding hydrogens is 292 g/mol. The van der Waals surface area contributed by atoms with E-state index in [1.807, 2.05) is 11.4 Å². The second kappa shape index (κ2) is 6.68. The molecular formula is C14H14N2O2S2. The van der Waals surface area contributed by atoms with Gasteiger partial charge >= 0.3 is 0 Å². The zero-order valence-corrected chi connectivity index (χ0v) is 12.3. The first-order valence-electron chi connectivity index (χ1n) is 5.93. The van der Waals surface area contributed by atoms with E-state index in [2.05, 4.69) is 16.6 Å². The molecule has 4 nitrogen and oxygen atoms in total. The molecule has 1 aromatic carbocycles. The van der Waals surface area contributed by atoms with Gasteiger partial charge in [0, 0.05) is 22.4 Å². The number of hydrogen-bond donors (Lipinski definition) is 2. The molecule has 2 aromatic rings. The molecule has 0 fully saturated rings. The van der Waals surface area contributed by atoms with Crippen LogP contribution in [0.2, 0.25) is 0 Å². The summed E-state index contributed by atoms with van der Waals surface area (Å²) in [5.74, 6) is 5.67. The van der Waals surface area contributed by atoms with Crippen molar-refractivity contribution in [2.24, 2.45) is 5.73 Å². The Morgan fingerprint density at radius 2 is 2.00 bits per heavy atom. The van der Waals surface area contributed by atoms with E-state index >= 15 is 0 Å². The van der Waals surface area contributed by atoms with Gasteiger partial charge in [0.25, 0.3) is 0 Å². The minimum Gasteiger partial charge on any atom is -0.320 e. The smallest absolute Gasteiger partial charge is 0.240 e. The van der Waals surface area contributed by atoms with Crippen molar-refractivity contribution in [1.29, 1.82) is 0 Å². The molecule has 104 valence electrons. The minimum absolute atomic E-state index is 0.256. The summed E-state index contributed by atoms with van der Waals surface area (Å²) >= 11 is 1.47. The van der Waals surface area contributed by atoms with Gasteiger partial charge in [0.15, 0.2) is 0 Å². The van der Waals surface area contributed by atoms with Crippen LogP contribution < -0.4 is 10.5 Å². The first-order chi connectivity index (χ1) is 9.62. The van der Waals surface area contributed by atoms with Crippen LogP contribution in [0.4, 0.5) is 0 Å². The lowest BCUT2D eigenvalue weighted by Crippen LogP contribution is -2.22. The molecule has 1 aromatic heterocycles. The van der Waals surface area contributed by atoms with Gasteiger partial charge in [0.2, 0.25) is 10.0 Å². The molecule has 0 aliphatic rings. The molecule has 0 radical (unpaired) electrons. The fourth-order valence-electron chi connectivity index (χ4n) is 1.54. The summed E-state index contributed by atoms with van der Waals surface area (Å²) in [5.41, 5.74) is 6.16. The van der Waals surface area contributed by atoms with Crippen LogP contribution >= 0.6 is 11.3 Å². The Morgan fingerprint density at radius 1 is 1.25 bits per heavy atom. The highest BCUT2D eigenvalue weighted by Gasteiger charge is 2.13. The molecule has 0 spiro atoms.